The minimum atomic E-state index is -0.312. The van der Waals surface area contributed by atoms with Gasteiger partial charge in [0, 0.05) is 23.5 Å². The zero-order valence-electron chi connectivity index (χ0n) is 11.9. The van der Waals surface area contributed by atoms with E-state index in [1.165, 1.54) is 28.4 Å². The molecule has 0 unspecified atom stereocenters. The van der Waals surface area contributed by atoms with E-state index in [4.69, 9.17) is 0 Å². The molecule has 5 nitrogen and oxygen atoms in total. The molecule has 0 atom stereocenters. The summed E-state index contributed by atoms with van der Waals surface area (Å²) in [6, 6.07) is 6.00. The average Bonchev–Trinajstić information content (AvgIpc) is 2.89. The molecule has 114 valence electrons. The Morgan fingerprint density at radius 3 is 2.77 bits per heavy atom. The van der Waals surface area contributed by atoms with Crippen molar-refractivity contribution in [2.24, 2.45) is 0 Å². The molecule has 2 aromatic rings. The number of aryl methyl sites for hydroxylation is 1. The third-order valence-electron chi connectivity index (χ3n) is 3.42. The van der Waals surface area contributed by atoms with Gasteiger partial charge in [0.1, 0.15) is 16.5 Å². The van der Waals surface area contributed by atoms with Gasteiger partial charge in [0.2, 0.25) is 5.91 Å². The van der Waals surface area contributed by atoms with Crippen molar-refractivity contribution in [1.82, 2.24) is 15.2 Å². The van der Waals surface area contributed by atoms with Crippen LogP contribution in [-0.2, 0) is 4.79 Å². The van der Waals surface area contributed by atoms with Crippen molar-refractivity contribution in [3.8, 4) is 10.6 Å². The maximum atomic E-state index is 13.0. The van der Waals surface area contributed by atoms with Gasteiger partial charge in [-0.3, -0.25) is 9.59 Å². The average molecular weight is 319 g/mol. The molecule has 3 rings (SSSR count). The fraction of sp³-hybridized carbons (Fsp3) is 0.267. The Kier molecular flexibility index (Phi) is 3.89. The summed E-state index contributed by atoms with van der Waals surface area (Å²) in [4.78, 5) is 30.6. The van der Waals surface area contributed by atoms with Gasteiger partial charge in [-0.2, -0.15) is 0 Å². The van der Waals surface area contributed by atoms with Gasteiger partial charge in [-0.15, -0.1) is 11.3 Å². The molecule has 7 heteroatoms. The van der Waals surface area contributed by atoms with Gasteiger partial charge in [0.05, 0.1) is 6.54 Å². The molecule has 1 aromatic carbocycles. The second-order valence-corrected chi connectivity index (χ2v) is 6.21. The number of hydrogen-bond acceptors (Lipinski definition) is 4. The van der Waals surface area contributed by atoms with E-state index in [9.17, 15) is 14.0 Å². The van der Waals surface area contributed by atoms with Gasteiger partial charge in [-0.1, -0.05) is 0 Å². The lowest BCUT2D eigenvalue weighted by Gasteiger charge is -2.26. The number of benzene rings is 1. The van der Waals surface area contributed by atoms with Crippen molar-refractivity contribution in [2.75, 3.05) is 19.6 Å². The molecule has 1 N–H and O–H groups in total. The lowest BCUT2D eigenvalue weighted by molar-refractivity contribution is -0.123. The molecule has 1 saturated heterocycles. The van der Waals surface area contributed by atoms with Crippen molar-refractivity contribution < 1.29 is 14.0 Å². The van der Waals surface area contributed by atoms with Crippen molar-refractivity contribution in [3.63, 3.8) is 0 Å². The van der Waals surface area contributed by atoms with Gasteiger partial charge < -0.3 is 10.2 Å². The van der Waals surface area contributed by atoms with E-state index in [0.29, 0.717) is 23.8 Å². The molecule has 0 spiro atoms. The minimum Gasteiger partial charge on any atom is -0.353 e. The van der Waals surface area contributed by atoms with Crippen LogP contribution >= 0.6 is 11.3 Å². The fourth-order valence-electron chi connectivity index (χ4n) is 2.27. The Balaban J connectivity index is 1.87. The smallest absolute Gasteiger partial charge is 0.274 e. The Bertz CT molecular complexity index is 727. The summed E-state index contributed by atoms with van der Waals surface area (Å²) in [6.07, 6.45) is 0. The summed E-state index contributed by atoms with van der Waals surface area (Å²) in [5.41, 5.74) is 1.13. The largest absolute Gasteiger partial charge is 0.353 e. The monoisotopic (exact) mass is 319 g/mol. The molecule has 2 amide bonds. The van der Waals surface area contributed by atoms with Crippen LogP contribution < -0.4 is 5.32 Å². The van der Waals surface area contributed by atoms with E-state index in [1.54, 1.807) is 12.1 Å². The van der Waals surface area contributed by atoms with E-state index in [1.807, 2.05) is 6.92 Å². The van der Waals surface area contributed by atoms with Gasteiger partial charge >= 0.3 is 0 Å². The number of halogens is 1. The van der Waals surface area contributed by atoms with E-state index in [0.717, 1.165) is 10.4 Å². The lowest BCUT2D eigenvalue weighted by atomic mass is 10.2. The van der Waals surface area contributed by atoms with Crippen molar-refractivity contribution in [1.29, 1.82) is 0 Å². The predicted octanol–water partition coefficient (Wildman–Crippen LogP) is 1.83. The first-order chi connectivity index (χ1) is 10.5. The number of hydrogen-bond donors (Lipinski definition) is 1. The number of amides is 2. The number of carbonyl (C=O) groups is 2. The fourth-order valence-corrected chi connectivity index (χ4v) is 3.18. The number of carbonyl (C=O) groups excluding carboxylic acids is 2. The van der Waals surface area contributed by atoms with Gasteiger partial charge in [-0.05, 0) is 31.2 Å². The maximum absolute atomic E-state index is 13.0. The number of piperazine rings is 1. The number of nitrogens with zero attached hydrogens (tertiary/aromatic N) is 2. The van der Waals surface area contributed by atoms with E-state index in [2.05, 4.69) is 10.3 Å². The molecule has 0 saturated carbocycles. The third kappa shape index (κ3) is 2.85. The highest BCUT2D eigenvalue weighted by Crippen LogP contribution is 2.28. The quantitative estimate of drug-likeness (QED) is 0.918. The highest BCUT2D eigenvalue weighted by molar-refractivity contribution is 7.15. The van der Waals surface area contributed by atoms with Gasteiger partial charge in [0.25, 0.3) is 5.91 Å². The van der Waals surface area contributed by atoms with Crippen LogP contribution in [0.15, 0.2) is 24.3 Å². The van der Waals surface area contributed by atoms with Crippen molar-refractivity contribution in [3.05, 3.63) is 40.7 Å². The highest BCUT2D eigenvalue weighted by atomic mass is 32.1. The highest BCUT2D eigenvalue weighted by Gasteiger charge is 2.26. The maximum Gasteiger partial charge on any atom is 0.274 e. The van der Waals surface area contributed by atoms with Crippen LogP contribution in [0.4, 0.5) is 4.39 Å². The normalized spacial score (nSPS) is 14.8. The van der Waals surface area contributed by atoms with Crippen LogP contribution in [0.5, 0.6) is 0 Å². The summed E-state index contributed by atoms with van der Waals surface area (Å²) in [6.45, 7) is 2.82. The van der Waals surface area contributed by atoms with Crippen LogP contribution in [0.2, 0.25) is 0 Å². The Hall–Kier alpha value is -2.28. The van der Waals surface area contributed by atoms with Gasteiger partial charge in [0.15, 0.2) is 0 Å². The predicted molar refractivity (Wildman–Crippen MR) is 81.2 cm³/mol. The summed E-state index contributed by atoms with van der Waals surface area (Å²) in [7, 11) is 0. The molecule has 0 radical (unpaired) electrons. The molecule has 1 fully saturated rings. The van der Waals surface area contributed by atoms with Crippen molar-refractivity contribution in [2.45, 2.75) is 6.92 Å². The standard InChI is InChI=1S/C15H14FN3O2S/c1-9-13(15(21)19-7-6-17-12(20)8-19)18-14(22-9)10-2-4-11(16)5-3-10/h2-5H,6-8H2,1H3,(H,17,20). The Labute approximate surface area is 130 Å². The molecular formula is C15H14FN3O2S. The number of nitrogens with one attached hydrogen (secondary N) is 1. The van der Waals surface area contributed by atoms with Crippen LogP contribution in [0.3, 0.4) is 0 Å². The molecule has 1 aliphatic rings. The molecule has 0 bridgehead atoms. The molecule has 22 heavy (non-hydrogen) atoms. The van der Waals surface area contributed by atoms with E-state index >= 15 is 0 Å². The van der Waals surface area contributed by atoms with E-state index in [-0.39, 0.29) is 24.2 Å². The zero-order valence-corrected chi connectivity index (χ0v) is 12.7. The first kappa shape index (κ1) is 14.6. The number of rotatable bonds is 2. The second-order valence-electron chi connectivity index (χ2n) is 5.01. The SMILES string of the molecule is Cc1sc(-c2ccc(F)cc2)nc1C(=O)N1CCNC(=O)C1. The number of aromatic nitrogens is 1. The first-order valence-corrected chi connectivity index (χ1v) is 7.65. The van der Waals surface area contributed by atoms with Gasteiger partial charge in [-0.25, -0.2) is 9.37 Å². The Morgan fingerprint density at radius 1 is 1.36 bits per heavy atom. The second kappa shape index (κ2) is 5.84. The molecule has 0 aliphatic carbocycles. The van der Waals surface area contributed by atoms with Crippen LogP contribution in [0, 0.1) is 12.7 Å². The Morgan fingerprint density at radius 2 is 2.09 bits per heavy atom. The summed E-state index contributed by atoms with van der Waals surface area (Å²) in [5, 5.41) is 3.35. The van der Waals surface area contributed by atoms with Crippen LogP contribution in [0.1, 0.15) is 15.4 Å². The minimum absolute atomic E-state index is 0.0572. The van der Waals surface area contributed by atoms with Crippen LogP contribution in [-0.4, -0.2) is 41.3 Å². The lowest BCUT2D eigenvalue weighted by Crippen LogP contribution is -2.50. The summed E-state index contributed by atoms with van der Waals surface area (Å²) >= 11 is 1.38. The topological polar surface area (TPSA) is 62.3 Å². The zero-order chi connectivity index (χ0) is 15.7. The number of thiazole rings is 1. The molecule has 1 aliphatic heterocycles. The molecule has 2 heterocycles. The third-order valence-corrected chi connectivity index (χ3v) is 4.44. The first-order valence-electron chi connectivity index (χ1n) is 6.84. The summed E-state index contributed by atoms with van der Waals surface area (Å²) < 4.78 is 13.0. The molecule has 1 aromatic heterocycles. The van der Waals surface area contributed by atoms with E-state index < -0.39 is 0 Å². The molecular weight excluding hydrogens is 305 g/mol. The van der Waals surface area contributed by atoms with Crippen molar-refractivity contribution >= 4 is 23.2 Å². The van der Waals surface area contributed by atoms with Crippen LogP contribution in [0.25, 0.3) is 10.6 Å². The summed E-state index contributed by atoms with van der Waals surface area (Å²) in [5.74, 6) is -0.712.